The van der Waals surface area contributed by atoms with E-state index in [9.17, 15) is 4.79 Å². The summed E-state index contributed by atoms with van der Waals surface area (Å²) in [7, 11) is 1.80. The smallest absolute Gasteiger partial charge is 0.139 e. The molecule has 22 heavy (non-hydrogen) atoms. The highest BCUT2D eigenvalue weighted by molar-refractivity contribution is 5.87. The van der Waals surface area contributed by atoms with Crippen LogP contribution < -0.4 is 0 Å². The molecule has 2 heteroatoms. The zero-order valence-corrected chi connectivity index (χ0v) is 14.0. The van der Waals surface area contributed by atoms with Crippen molar-refractivity contribution in [1.29, 1.82) is 0 Å². The van der Waals surface area contributed by atoms with Crippen molar-refractivity contribution in [3.8, 4) is 0 Å². The number of carbonyl (C=O) groups excluding carboxylic acids is 1. The van der Waals surface area contributed by atoms with Crippen molar-refractivity contribution in [2.45, 2.75) is 64.7 Å². The van der Waals surface area contributed by atoms with Gasteiger partial charge in [-0.1, -0.05) is 18.1 Å². The number of fused-ring (bicyclic) bond motifs is 4. The number of hydrogen-bond acceptors (Lipinski definition) is 2. The number of ketones is 1. The van der Waals surface area contributed by atoms with Crippen LogP contribution in [0.15, 0.2) is 23.0 Å². The van der Waals surface area contributed by atoms with Crippen LogP contribution in [-0.4, -0.2) is 12.9 Å². The van der Waals surface area contributed by atoms with Gasteiger partial charge in [-0.2, -0.15) is 0 Å². The summed E-state index contributed by atoms with van der Waals surface area (Å²) in [5.41, 5.74) is 3.44. The largest absolute Gasteiger partial charge is 0.501 e. The second-order valence-corrected chi connectivity index (χ2v) is 7.81. The predicted molar refractivity (Wildman–Crippen MR) is 87.3 cm³/mol. The maximum atomic E-state index is 12.6. The molecule has 0 aromatic heterocycles. The quantitative estimate of drug-likeness (QED) is 0.685. The second kappa shape index (κ2) is 5.25. The molecule has 0 aromatic carbocycles. The number of rotatable bonds is 2. The van der Waals surface area contributed by atoms with E-state index < -0.39 is 0 Å². The lowest BCUT2D eigenvalue weighted by molar-refractivity contribution is -0.131. The number of allylic oxidation sites excluding steroid dienone is 3. The van der Waals surface area contributed by atoms with Crippen LogP contribution in [0.2, 0.25) is 0 Å². The Kier molecular flexibility index (Phi) is 3.47. The first-order valence-corrected chi connectivity index (χ1v) is 9.16. The average molecular weight is 300 g/mol. The van der Waals surface area contributed by atoms with Gasteiger partial charge in [0.15, 0.2) is 0 Å². The second-order valence-electron chi connectivity index (χ2n) is 7.81. The Labute approximate surface area is 134 Å². The van der Waals surface area contributed by atoms with Crippen LogP contribution in [0.3, 0.4) is 0 Å². The summed E-state index contributed by atoms with van der Waals surface area (Å²) in [5.74, 6) is 3.95. The highest BCUT2D eigenvalue weighted by atomic mass is 16.5. The van der Waals surface area contributed by atoms with Gasteiger partial charge in [-0.15, -0.1) is 0 Å². The van der Waals surface area contributed by atoms with Crippen LogP contribution in [0.25, 0.3) is 0 Å². The van der Waals surface area contributed by atoms with E-state index >= 15 is 0 Å². The van der Waals surface area contributed by atoms with Crippen molar-refractivity contribution in [3.05, 3.63) is 23.0 Å². The summed E-state index contributed by atoms with van der Waals surface area (Å²) in [6.45, 7) is 2.25. The third kappa shape index (κ3) is 1.88. The lowest BCUT2D eigenvalue weighted by Gasteiger charge is -2.50. The van der Waals surface area contributed by atoms with Crippen molar-refractivity contribution in [2.24, 2.45) is 23.2 Å². The topological polar surface area (TPSA) is 26.3 Å². The Balaban J connectivity index is 1.63. The van der Waals surface area contributed by atoms with Crippen molar-refractivity contribution < 1.29 is 9.53 Å². The van der Waals surface area contributed by atoms with E-state index in [0.29, 0.717) is 11.7 Å². The minimum absolute atomic E-state index is 0.0570. The molecule has 0 bridgehead atoms. The van der Waals surface area contributed by atoms with Gasteiger partial charge in [0.25, 0.3) is 0 Å². The number of ether oxygens (including phenoxy) is 1. The highest BCUT2D eigenvalue weighted by Crippen LogP contribution is 2.61. The molecule has 2 fully saturated rings. The molecule has 1 unspecified atom stereocenters. The lowest BCUT2D eigenvalue weighted by atomic mass is 9.53. The first kappa shape index (κ1) is 14.5. The van der Waals surface area contributed by atoms with Gasteiger partial charge >= 0.3 is 0 Å². The molecule has 0 saturated heterocycles. The normalized spacial score (nSPS) is 40.7. The van der Waals surface area contributed by atoms with Gasteiger partial charge in [-0.25, -0.2) is 0 Å². The molecule has 0 N–H and O–H groups in total. The number of methoxy groups -OCH3 is 1. The van der Waals surface area contributed by atoms with Crippen LogP contribution in [0.4, 0.5) is 0 Å². The fourth-order valence-electron chi connectivity index (χ4n) is 6.27. The number of Topliss-reactive ketones (excluding diaryl/α,β-unsaturated/α-hetero) is 1. The Hall–Kier alpha value is -1.05. The highest BCUT2D eigenvalue weighted by Gasteiger charge is 2.56. The van der Waals surface area contributed by atoms with Crippen LogP contribution in [-0.2, 0) is 9.53 Å². The van der Waals surface area contributed by atoms with Crippen molar-refractivity contribution in [3.63, 3.8) is 0 Å². The molecule has 0 spiro atoms. The molecule has 0 aromatic rings. The van der Waals surface area contributed by atoms with Crippen LogP contribution in [0.5, 0.6) is 0 Å². The average Bonchev–Trinajstić information content (AvgIpc) is 2.91. The SMILES string of the molecule is CCC12CC[C@@H]3C4=C(CC[C@H]3[C@@H]1CCC2=O)CC(OC)=CC4. The molecule has 2 saturated carbocycles. The number of carbonyl (C=O) groups is 1. The molecule has 4 aliphatic rings. The Morgan fingerprint density at radius 3 is 2.91 bits per heavy atom. The minimum Gasteiger partial charge on any atom is -0.501 e. The van der Waals surface area contributed by atoms with Crippen LogP contribution in [0.1, 0.15) is 64.7 Å². The molecule has 0 radical (unpaired) electrons. The molecule has 0 aliphatic heterocycles. The zero-order chi connectivity index (χ0) is 15.3. The third-order valence-electron chi connectivity index (χ3n) is 7.39. The summed E-state index contributed by atoms with van der Waals surface area (Å²) in [4.78, 5) is 12.6. The first-order chi connectivity index (χ1) is 10.7. The van der Waals surface area contributed by atoms with E-state index in [0.717, 1.165) is 56.1 Å². The van der Waals surface area contributed by atoms with E-state index in [1.54, 1.807) is 18.3 Å². The molecule has 120 valence electrons. The summed E-state index contributed by atoms with van der Waals surface area (Å²) in [6, 6.07) is 0. The molecule has 4 aliphatic carbocycles. The first-order valence-electron chi connectivity index (χ1n) is 9.16. The van der Waals surface area contributed by atoms with E-state index in [4.69, 9.17) is 4.74 Å². The van der Waals surface area contributed by atoms with Crippen molar-refractivity contribution in [2.75, 3.05) is 7.11 Å². The lowest BCUT2D eigenvalue weighted by Crippen LogP contribution is -2.45. The van der Waals surface area contributed by atoms with Gasteiger partial charge in [-0.3, -0.25) is 4.79 Å². The van der Waals surface area contributed by atoms with E-state index in [2.05, 4.69) is 13.0 Å². The summed E-state index contributed by atoms with van der Waals surface area (Å²) in [6.07, 6.45) is 12.4. The van der Waals surface area contributed by atoms with Gasteiger partial charge in [0.2, 0.25) is 0 Å². The van der Waals surface area contributed by atoms with Crippen molar-refractivity contribution in [1.82, 2.24) is 0 Å². The molecule has 4 rings (SSSR count). The summed E-state index contributed by atoms with van der Waals surface area (Å²) < 4.78 is 5.48. The van der Waals surface area contributed by atoms with E-state index in [1.165, 1.54) is 19.3 Å². The Morgan fingerprint density at radius 2 is 2.14 bits per heavy atom. The maximum Gasteiger partial charge on any atom is 0.139 e. The van der Waals surface area contributed by atoms with Gasteiger partial charge in [0.1, 0.15) is 5.78 Å². The molecular formula is C20H28O2. The minimum atomic E-state index is 0.0570. The summed E-state index contributed by atoms with van der Waals surface area (Å²) in [5, 5.41) is 0. The van der Waals surface area contributed by atoms with Gasteiger partial charge < -0.3 is 4.74 Å². The Morgan fingerprint density at radius 1 is 1.27 bits per heavy atom. The van der Waals surface area contributed by atoms with Crippen molar-refractivity contribution >= 4 is 5.78 Å². The van der Waals surface area contributed by atoms with Gasteiger partial charge in [0.05, 0.1) is 12.9 Å². The standard InChI is InChI=1S/C20H28O2/c1-3-20-11-10-16-15-7-5-14(22-2)12-13(15)4-6-17(16)18(20)8-9-19(20)21/h5,16-18H,3-4,6-12H2,1-2H3/t16-,17-,18+,20?/m1/s1. The zero-order valence-electron chi connectivity index (χ0n) is 14.0. The molecule has 2 nitrogen and oxygen atoms in total. The maximum absolute atomic E-state index is 12.6. The molecular weight excluding hydrogens is 272 g/mol. The van der Waals surface area contributed by atoms with Gasteiger partial charge in [0, 0.05) is 18.3 Å². The monoisotopic (exact) mass is 300 g/mol. The molecule has 0 heterocycles. The van der Waals surface area contributed by atoms with Crippen LogP contribution >= 0.6 is 0 Å². The summed E-state index contributed by atoms with van der Waals surface area (Å²) >= 11 is 0. The molecule has 0 amide bonds. The van der Waals surface area contributed by atoms with Crippen LogP contribution in [0, 0.1) is 23.2 Å². The number of hydrogen-bond donors (Lipinski definition) is 0. The molecule has 4 atom stereocenters. The Bertz CT molecular complexity index is 556. The van der Waals surface area contributed by atoms with E-state index in [1.807, 2.05) is 0 Å². The fourth-order valence-corrected chi connectivity index (χ4v) is 6.27. The fraction of sp³-hybridized carbons (Fsp3) is 0.750. The predicted octanol–water partition coefficient (Wildman–Crippen LogP) is 4.80. The van der Waals surface area contributed by atoms with E-state index in [-0.39, 0.29) is 5.41 Å². The third-order valence-corrected chi connectivity index (χ3v) is 7.39. The van der Waals surface area contributed by atoms with Gasteiger partial charge in [-0.05, 0) is 68.8 Å².